The van der Waals surface area contributed by atoms with Crippen LogP contribution in [0.3, 0.4) is 0 Å². The van der Waals surface area contributed by atoms with E-state index in [1.807, 2.05) is 19.1 Å². The molecule has 11 heavy (non-hydrogen) atoms. The van der Waals surface area contributed by atoms with Gasteiger partial charge in [0.2, 0.25) is 0 Å². The van der Waals surface area contributed by atoms with E-state index in [0.717, 1.165) is 21.1 Å². The van der Waals surface area contributed by atoms with Gasteiger partial charge in [-0.3, -0.25) is 0 Å². The molecule has 0 N–H and O–H groups in total. The molecule has 2 rings (SSSR count). The number of halogens is 1. The summed E-state index contributed by atoms with van der Waals surface area (Å²) in [5, 5.41) is 7.42. The molecule has 1 heterocycles. The molecule has 0 fully saturated rings. The molecule has 1 aromatic heterocycles. The van der Waals surface area contributed by atoms with Crippen LogP contribution >= 0.6 is 15.9 Å². The molecule has 0 amide bonds. The maximum atomic E-state index is 4.55. The highest BCUT2D eigenvalue weighted by Gasteiger charge is 2.02. The summed E-state index contributed by atoms with van der Waals surface area (Å²) in [6.45, 7) is 2.00. The average molecular weight is 213 g/mol. The molecule has 0 atom stereocenters. The van der Waals surface area contributed by atoms with Crippen molar-refractivity contribution in [3.63, 3.8) is 0 Å². The smallest absolute Gasteiger partial charge is 0.136 e. The van der Waals surface area contributed by atoms with Crippen LogP contribution < -0.4 is 0 Å². The zero-order chi connectivity index (χ0) is 7.84. The van der Waals surface area contributed by atoms with Crippen LogP contribution in [0.4, 0.5) is 0 Å². The molecule has 0 aliphatic rings. The van der Waals surface area contributed by atoms with Gasteiger partial charge in [0.1, 0.15) is 11.0 Å². The number of nitrogens with zero attached hydrogens (tertiary/aromatic N) is 2. The number of hydrogen-bond acceptors (Lipinski definition) is 3. The second kappa shape index (κ2) is 2.30. The van der Waals surface area contributed by atoms with E-state index in [4.69, 9.17) is 0 Å². The van der Waals surface area contributed by atoms with E-state index >= 15 is 0 Å². The van der Waals surface area contributed by atoms with Crippen molar-refractivity contribution in [1.29, 1.82) is 0 Å². The lowest BCUT2D eigenvalue weighted by Gasteiger charge is -1.93. The van der Waals surface area contributed by atoms with E-state index in [1.165, 1.54) is 0 Å². The standard InChI is InChI=1S/C7H5BrN2O/c1-4-2-6-7(3-5(4)8)10-11-9-6/h2-3H,1H3. The zero-order valence-electron chi connectivity index (χ0n) is 5.84. The topological polar surface area (TPSA) is 38.9 Å². The van der Waals surface area contributed by atoms with Crippen LogP contribution in [0.1, 0.15) is 5.56 Å². The van der Waals surface area contributed by atoms with E-state index in [-0.39, 0.29) is 0 Å². The lowest BCUT2D eigenvalue weighted by molar-refractivity contribution is 0.315. The number of fused-ring (bicyclic) bond motifs is 1. The van der Waals surface area contributed by atoms with Crippen LogP contribution in [-0.2, 0) is 0 Å². The Kier molecular flexibility index (Phi) is 1.42. The number of aryl methyl sites for hydroxylation is 1. The third kappa shape index (κ3) is 1.03. The number of hydrogen-bond donors (Lipinski definition) is 0. The number of aromatic nitrogens is 2. The minimum atomic E-state index is 0.780. The van der Waals surface area contributed by atoms with Gasteiger partial charge >= 0.3 is 0 Å². The van der Waals surface area contributed by atoms with E-state index < -0.39 is 0 Å². The summed E-state index contributed by atoms with van der Waals surface area (Å²) in [4.78, 5) is 0. The largest absolute Gasteiger partial charge is 0.243 e. The summed E-state index contributed by atoms with van der Waals surface area (Å²) in [5.41, 5.74) is 2.71. The summed E-state index contributed by atoms with van der Waals surface area (Å²) in [5.74, 6) is 0. The minimum Gasteiger partial charge on any atom is -0.243 e. The molecule has 0 aliphatic carbocycles. The van der Waals surface area contributed by atoms with Gasteiger partial charge in [-0.25, -0.2) is 4.63 Å². The van der Waals surface area contributed by atoms with Crippen LogP contribution in [0, 0.1) is 6.92 Å². The van der Waals surface area contributed by atoms with Crippen LogP contribution in [0.2, 0.25) is 0 Å². The van der Waals surface area contributed by atoms with Gasteiger partial charge in [-0.15, -0.1) is 0 Å². The van der Waals surface area contributed by atoms with Crippen molar-refractivity contribution in [3.05, 3.63) is 22.2 Å². The van der Waals surface area contributed by atoms with Gasteiger partial charge in [-0.05, 0) is 34.9 Å². The van der Waals surface area contributed by atoms with Gasteiger partial charge in [-0.2, -0.15) is 0 Å². The summed E-state index contributed by atoms with van der Waals surface area (Å²) < 4.78 is 5.58. The molecule has 4 heteroatoms. The normalized spacial score (nSPS) is 10.7. The number of benzene rings is 1. The van der Waals surface area contributed by atoms with E-state index in [1.54, 1.807) is 0 Å². The van der Waals surface area contributed by atoms with Crippen molar-refractivity contribution in [2.24, 2.45) is 0 Å². The van der Waals surface area contributed by atoms with Gasteiger partial charge in [-0.1, -0.05) is 15.9 Å². The fraction of sp³-hybridized carbons (Fsp3) is 0.143. The molecule has 0 spiro atoms. The molecular formula is C7H5BrN2O. The Balaban J connectivity index is 2.86. The Morgan fingerprint density at radius 2 is 1.91 bits per heavy atom. The molecule has 1 aromatic carbocycles. The van der Waals surface area contributed by atoms with Crippen LogP contribution in [0.15, 0.2) is 21.2 Å². The first kappa shape index (κ1) is 6.79. The molecule has 0 radical (unpaired) electrons. The molecule has 0 saturated heterocycles. The molecule has 0 saturated carbocycles. The van der Waals surface area contributed by atoms with Crippen LogP contribution in [0.25, 0.3) is 11.0 Å². The first-order valence-corrected chi connectivity index (χ1v) is 3.95. The van der Waals surface area contributed by atoms with Crippen LogP contribution in [-0.4, -0.2) is 10.3 Å². The predicted molar refractivity (Wildman–Crippen MR) is 44.2 cm³/mol. The fourth-order valence-corrected chi connectivity index (χ4v) is 1.24. The SMILES string of the molecule is Cc1cc2nonc2cc1Br. The first-order chi connectivity index (χ1) is 5.27. The first-order valence-electron chi connectivity index (χ1n) is 3.16. The summed E-state index contributed by atoms with van der Waals surface area (Å²) >= 11 is 3.39. The summed E-state index contributed by atoms with van der Waals surface area (Å²) in [6, 6.07) is 3.82. The lowest BCUT2D eigenvalue weighted by atomic mass is 10.2. The van der Waals surface area contributed by atoms with Crippen molar-refractivity contribution in [2.75, 3.05) is 0 Å². The molecule has 2 aromatic rings. The summed E-state index contributed by atoms with van der Waals surface area (Å²) in [7, 11) is 0. The van der Waals surface area contributed by atoms with Crippen molar-refractivity contribution < 1.29 is 4.63 Å². The monoisotopic (exact) mass is 212 g/mol. The fourth-order valence-electron chi connectivity index (χ4n) is 0.910. The Labute approximate surface area is 71.5 Å². The van der Waals surface area contributed by atoms with E-state index in [0.29, 0.717) is 0 Å². The number of rotatable bonds is 0. The summed E-state index contributed by atoms with van der Waals surface area (Å²) in [6.07, 6.45) is 0. The quantitative estimate of drug-likeness (QED) is 0.673. The highest BCUT2D eigenvalue weighted by molar-refractivity contribution is 9.10. The molecule has 0 aliphatic heterocycles. The van der Waals surface area contributed by atoms with Crippen LogP contribution in [0.5, 0.6) is 0 Å². The van der Waals surface area contributed by atoms with E-state index in [2.05, 4.69) is 30.9 Å². The van der Waals surface area contributed by atoms with Gasteiger partial charge in [0, 0.05) is 4.47 Å². The Hall–Kier alpha value is -0.900. The maximum absolute atomic E-state index is 4.55. The minimum absolute atomic E-state index is 0.780. The second-order valence-corrected chi connectivity index (χ2v) is 3.21. The lowest BCUT2D eigenvalue weighted by Crippen LogP contribution is -1.75. The van der Waals surface area contributed by atoms with Crippen molar-refractivity contribution >= 4 is 27.0 Å². The molecular weight excluding hydrogens is 208 g/mol. The highest BCUT2D eigenvalue weighted by atomic mass is 79.9. The highest BCUT2D eigenvalue weighted by Crippen LogP contribution is 2.20. The molecule has 56 valence electrons. The van der Waals surface area contributed by atoms with Crippen molar-refractivity contribution in [2.45, 2.75) is 6.92 Å². The second-order valence-electron chi connectivity index (χ2n) is 2.35. The molecule has 3 nitrogen and oxygen atoms in total. The Morgan fingerprint density at radius 3 is 2.64 bits per heavy atom. The van der Waals surface area contributed by atoms with E-state index in [9.17, 15) is 0 Å². The predicted octanol–water partition coefficient (Wildman–Crippen LogP) is 2.29. The zero-order valence-corrected chi connectivity index (χ0v) is 7.42. The van der Waals surface area contributed by atoms with Crippen molar-refractivity contribution in [1.82, 2.24) is 10.3 Å². The molecule has 0 unspecified atom stereocenters. The van der Waals surface area contributed by atoms with Gasteiger partial charge in [0.15, 0.2) is 0 Å². The Morgan fingerprint density at radius 1 is 1.27 bits per heavy atom. The Bertz CT molecular complexity index is 360. The third-order valence-electron chi connectivity index (χ3n) is 1.53. The van der Waals surface area contributed by atoms with Gasteiger partial charge < -0.3 is 0 Å². The maximum Gasteiger partial charge on any atom is 0.136 e. The third-order valence-corrected chi connectivity index (χ3v) is 2.39. The van der Waals surface area contributed by atoms with Gasteiger partial charge in [0.25, 0.3) is 0 Å². The molecule has 0 bridgehead atoms. The van der Waals surface area contributed by atoms with Crippen molar-refractivity contribution in [3.8, 4) is 0 Å². The van der Waals surface area contributed by atoms with Gasteiger partial charge in [0.05, 0.1) is 0 Å². The average Bonchev–Trinajstić information content (AvgIpc) is 2.36.